The zero-order chi connectivity index (χ0) is 22.8. The van der Waals surface area contributed by atoms with Crippen LogP contribution in [0.1, 0.15) is 45.6 Å². The summed E-state index contributed by atoms with van der Waals surface area (Å²) in [5.41, 5.74) is -0.343. The lowest BCUT2D eigenvalue weighted by Gasteiger charge is -2.30. The smallest absolute Gasteiger partial charge is 0.411 e. The van der Waals surface area contributed by atoms with Crippen molar-refractivity contribution in [3.05, 3.63) is 29.6 Å². The molecule has 1 N–H and O–H groups in total. The van der Waals surface area contributed by atoms with Gasteiger partial charge in [0.2, 0.25) is 5.91 Å². The molecular formula is C22H26FN5O3. The van der Waals surface area contributed by atoms with Crippen LogP contribution in [0.15, 0.2) is 18.2 Å². The number of nitriles is 2. The van der Waals surface area contributed by atoms with Crippen LogP contribution in [0.4, 0.5) is 14.9 Å². The third kappa shape index (κ3) is 5.05. The normalized spacial score (nSPS) is 23.2. The molecule has 1 unspecified atom stereocenters. The largest absolute Gasteiger partial charge is 0.444 e. The number of halogens is 1. The molecule has 0 bridgehead atoms. The summed E-state index contributed by atoms with van der Waals surface area (Å²) in [6.45, 7) is 5.84. The molecule has 2 aliphatic heterocycles. The third-order valence-corrected chi connectivity index (χ3v) is 5.36. The minimum atomic E-state index is -0.803. The third-order valence-electron chi connectivity index (χ3n) is 5.36. The molecule has 0 spiro atoms. The quantitative estimate of drug-likeness (QED) is 0.794. The number of hydrogen-bond donors (Lipinski definition) is 1. The number of hydrogen-bond acceptors (Lipinski definition) is 6. The molecule has 2 amide bonds. The lowest BCUT2D eigenvalue weighted by atomic mass is 10.1. The summed E-state index contributed by atoms with van der Waals surface area (Å²) >= 11 is 0. The number of anilines is 1. The second-order valence-corrected chi connectivity index (χ2v) is 8.85. The molecule has 31 heavy (non-hydrogen) atoms. The van der Waals surface area contributed by atoms with E-state index in [9.17, 15) is 19.2 Å². The summed E-state index contributed by atoms with van der Waals surface area (Å²) < 4.78 is 19.8. The standard InChI is InChI=1S/C22H26FN5O3/c1-22(2,3)31-21(30)28-13-15(26-18-7-6-14(11-24)9-17(18)23)10-19(28)20(29)27-8-4-5-16(27)12-25/h6-7,9,15-16,19,26H,4-5,8,10,13H2,1-3H3/t15-,16?,19-/m0/s1. The van der Waals surface area contributed by atoms with Crippen LogP contribution in [-0.2, 0) is 9.53 Å². The number of nitrogens with one attached hydrogen (secondary N) is 1. The number of likely N-dealkylation sites (tertiary alicyclic amines) is 2. The van der Waals surface area contributed by atoms with Gasteiger partial charge in [-0.05, 0) is 58.2 Å². The van der Waals surface area contributed by atoms with Crippen molar-refractivity contribution in [2.75, 3.05) is 18.4 Å². The Labute approximate surface area is 181 Å². The number of nitrogens with zero attached hydrogens (tertiary/aromatic N) is 4. The van der Waals surface area contributed by atoms with E-state index in [1.54, 1.807) is 20.8 Å². The zero-order valence-corrected chi connectivity index (χ0v) is 17.9. The fourth-order valence-corrected chi connectivity index (χ4v) is 3.97. The van der Waals surface area contributed by atoms with Gasteiger partial charge >= 0.3 is 6.09 Å². The number of amides is 2. The number of rotatable bonds is 3. The van der Waals surface area contributed by atoms with Crippen molar-refractivity contribution < 1.29 is 18.7 Å². The van der Waals surface area contributed by atoms with Gasteiger partial charge in [-0.2, -0.15) is 10.5 Å². The fraction of sp³-hybridized carbons (Fsp3) is 0.545. The Hall–Kier alpha value is -3.33. The Morgan fingerprint density at radius 2 is 2.00 bits per heavy atom. The average Bonchev–Trinajstić information content (AvgIpc) is 3.34. The molecule has 8 nitrogen and oxygen atoms in total. The van der Waals surface area contributed by atoms with Gasteiger partial charge in [-0.15, -0.1) is 0 Å². The summed E-state index contributed by atoms with van der Waals surface area (Å²) in [4.78, 5) is 28.9. The summed E-state index contributed by atoms with van der Waals surface area (Å²) in [5.74, 6) is -0.874. The maximum absolute atomic E-state index is 14.3. The van der Waals surface area contributed by atoms with Gasteiger partial charge in [-0.1, -0.05) is 0 Å². The van der Waals surface area contributed by atoms with E-state index in [4.69, 9.17) is 10.00 Å². The Morgan fingerprint density at radius 3 is 2.61 bits per heavy atom. The lowest BCUT2D eigenvalue weighted by Crippen LogP contribution is -2.50. The monoisotopic (exact) mass is 427 g/mol. The molecule has 1 aromatic carbocycles. The van der Waals surface area contributed by atoms with Gasteiger partial charge in [0.15, 0.2) is 0 Å². The van der Waals surface area contributed by atoms with Crippen LogP contribution in [0.2, 0.25) is 0 Å². The first-order chi connectivity index (χ1) is 14.6. The molecule has 2 aliphatic rings. The minimum absolute atomic E-state index is 0.149. The van der Waals surface area contributed by atoms with Gasteiger partial charge in [0.25, 0.3) is 0 Å². The van der Waals surface area contributed by atoms with E-state index in [-0.39, 0.29) is 30.1 Å². The molecule has 3 atom stereocenters. The van der Waals surface area contributed by atoms with E-state index in [2.05, 4.69) is 11.4 Å². The number of benzene rings is 1. The first-order valence-corrected chi connectivity index (χ1v) is 10.3. The van der Waals surface area contributed by atoms with Crippen molar-refractivity contribution in [1.82, 2.24) is 9.80 Å². The van der Waals surface area contributed by atoms with E-state index in [1.807, 2.05) is 6.07 Å². The molecule has 1 aromatic rings. The highest BCUT2D eigenvalue weighted by atomic mass is 19.1. The molecule has 164 valence electrons. The molecule has 2 heterocycles. The van der Waals surface area contributed by atoms with Crippen LogP contribution in [0.5, 0.6) is 0 Å². The van der Waals surface area contributed by atoms with Gasteiger partial charge in [0.1, 0.15) is 23.5 Å². The van der Waals surface area contributed by atoms with E-state index >= 15 is 0 Å². The Morgan fingerprint density at radius 1 is 1.26 bits per heavy atom. The predicted molar refractivity (Wildman–Crippen MR) is 110 cm³/mol. The van der Waals surface area contributed by atoms with Crippen LogP contribution in [0.25, 0.3) is 0 Å². The van der Waals surface area contributed by atoms with Crippen LogP contribution < -0.4 is 5.32 Å². The van der Waals surface area contributed by atoms with Crippen molar-refractivity contribution in [3.63, 3.8) is 0 Å². The molecule has 9 heteroatoms. The fourth-order valence-electron chi connectivity index (χ4n) is 3.97. The highest BCUT2D eigenvalue weighted by Gasteiger charge is 2.45. The first kappa shape index (κ1) is 22.4. The summed E-state index contributed by atoms with van der Waals surface area (Å²) in [6, 6.07) is 6.42. The van der Waals surface area contributed by atoms with Crippen LogP contribution in [0, 0.1) is 28.5 Å². The number of carbonyl (C=O) groups excluding carboxylic acids is 2. The number of ether oxygens (including phenoxy) is 1. The predicted octanol–water partition coefficient (Wildman–Crippen LogP) is 3.00. The SMILES string of the molecule is CC(C)(C)OC(=O)N1C[C@@H](Nc2ccc(C#N)cc2F)C[C@H]1C(=O)N1CCCC1C#N. The summed E-state index contributed by atoms with van der Waals surface area (Å²) in [7, 11) is 0. The maximum Gasteiger partial charge on any atom is 0.411 e. The van der Waals surface area contributed by atoms with E-state index in [0.29, 0.717) is 13.0 Å². The van der Waals surface area contributed by atoms with Crippen molar-refractivity contribution in [2.24, 2.45) is 0 Å². The molecule has 0 aromatic heterocycles. The highest BCUT2D eigenvalue weighted by molar-refractivity contribution is 5.87. The minimum Gasteiger partial charge on any atom is -0.444 e. The molecule has 2 fully saturated rings. The maximum atomic E-state index is 14.3. The van der Waals surface area contributed by atoms with Crippen molar-refractivity contribution in [2.45, 2.75) is 63.8 Å². The van der Waals surface area contributed by atoms with Crippen molar-refractivity contribution in [1.29, 1.82) is 10.5 Å². The summed E-state index contributed by atoms with van der Waals surface area (Å²) in [5, 5.41) is 21.3. The van der Waals surface area contributed by atoms with Crippen LogP contribution in [0.3, 0.4) is 0 Å². The van der Waals surface area contributed by atoms with Crippen molar-refractivity contribution >= 4 is 17.7 Å². The Balaban J connectivity index is 1.81. The molecular weight excluding hydrogens is 401 g/mol. The molecule has 2 saturated heterocycles. The Kier molecular flexibility index (Phi) is 6.35. The van der Waals surface area contributed by atoms with Gasteiger partial charge in [0, 0.05) is 19.1 Å². The van der Waals surface area contributed by atoms with Gasteiger partial charge in [0.05, 0.1) is 23.4 Å². The van der Waals surface area contributed by atoms with Gasteiger partial charge < -0.3 is 15.0 Å². The van der Waals surface area contributed by atoms with E-state index in [0.717, 1.165) is 12.5 Å². The number of carbonyl (C=O) groups is 2. The summed E-state index contributed by atoms with van der Waals surface area (Å²) in [6.07, 6.45) is 0.982. The van der Waals surface area contributed by atoms with Crippen LogP contribution >= 0.6 is 0 Å². The van der Waals surface area contributed by atoms with Crippen molar-refractivity contribution in [3.8, 4) is 12.1 Å². The highest BCUT2D eigenvalue weighted by Crippen LogP contribution is 2.29. The molecule has 0 saturated carbocycles. The molecule has 3 rings (SSSR count). The van der Waals surface area contributed by atoms with Gasteiger partial charge in [-0.25, -0.2) is 9.18 Å². The van der Waals surface area contributed by atoms with E-state index < -0.39 is 35.6 Å². The second kappa shape index (κ2) is 8.81. The average molecular weight is 427 g/mol. The van der Waals surface area contributed by atoms with Crippen LogP contribution in [-0.4, -0.2) is 58.6 Å². The second-order valence-electron chi connectivity index (χ2n) is 8.85. The first-order valence-electron chi connectivity index (χ1n) is 10.3. The molecule has 0 aliphatic carbocycles. The zero-order valence-electron chi connectivity index (χ0n) is 17.9. The van der Waals surface area contributed by atoms with E-state index in [1.165, 1.54) is 21.9 Å². The molecule has 0 radical (unpaired) electrons. The topological polar surface area (TPSA) is 109 Å². The lowest BCUT2D eigenvalue weighted by molar-refractivity contribution is -0.135. The Bertz CT molecular complexity index is 946. The van der Waals surface area contributed by atoms with Gasteiger partial charge in [-0.3, -0.25) is 9.69 Å².